The van der Waals surface area contributed by atoms with Gasteiger partial charge in [-0.3, -0.25) is 4.98 Å². The zero-order valence-electron chi connectivity index (χ0n) is 31.9. The molecular weight excluding hydrogens is 839 g/mol. The first kappa shape index (κ1) is 31.2. The van der Waals surface area contributed by atoms with Crippen LogP contribution in [0.25, 0.3) is 83.4 Å². The molecule has 261 valence electrons. The summed E-state index contributed by atoms with van der Waals surface area (Å²) < 4.78 is 29.9. The Morgan fingerprint density at radius 2 is 1.41 bits per heavy atom. The van der Waals surface area contributed by atoms with Gasteiger partial charge in [0, 0.05) is 47.9 Å². The number of hydrogen-bond donors (Lipinski definition) is 0. The Labute approximate surface area is 332 Å². The van der Waals surface area contributed by atoms with Crippen LogP contribution in [-0.4, -0.2) is 14.5 Å². The van der Waals surface area contributed by atoms with Gasteiger partial charge in [-0.2, -0.15) is 0 Å². The van der Waals surface area contributed by atoms with E-state index in [2.05, 4.69) is 143 Å². The van der Waals surface area contributed by atoms with Gasteiger partial charge < -0.3 is 14.0 Å². The van der Waals surface area contributed by atoms with E-state index in [-0.39, 0.29) is 25.7 Å². The van der Waals surface area contributed by atoms with E-state index in [1.807, 2.05) is 36.4 Å². The summed E-state index contributed by atoms with van der Waals surface area (Å²) in [5.74, 6) is 0.808. The van der Waals surface area contributed by atoms with E-state index in [4.69, 9.17) is 13.5 Å². The van der Waals surface area contributed by atoms with E-state index in [0.717, 1.165) is 55.9 Å². The molecule has 4 nitrogen and oxygen atoms in total. The van der Waals surface area contributed by atoms with Gasteiger partial charge in [-0.25, -0.2) is 0 Å². The van der Waals surface area contributed by atoms with Crippen LogP contribution < -0.4 is 0 Å². The van der Waals surface area contributed by atoms with Crippen molar-refractivity contribution in [3.05, 3.63) is 200 Å². The van der Waals surface area contributed by atoms with Crippen LogP contribution in [0.3, 0.4) is 0 Å². The van der Waals surface area contributed by atoms with Crippen LogP contribution in [0, 0.1) is 19.2 Å². The smallest absolute Gasteiger partial charge is 0.0774 e. The van der Waals surface area contributed by atoms with Gasteiger partial charge in [0.25, 0.3) is 0 Å². The topological polar surface area (TPSA) is 43.9 Å². The molecule has 1 radical (unpaired) electrons. The molecule has 0 bridgehead atoms. The van der Waals surface area contributed by atoms with Crippen LogP contribution in [0.1, 0.15) is 9.68 Å². The van der Waals surface area contributed by atoms with Gasteiger partial charge in [0.15, 0.2) is 0 Å². The van der Waals surface area contributed by atoms with Gasteiger partial charge in [0.1, 0.15) is 0 Å². The fraction of sp³-hybridized carbons (Fsp3) is 0.0204. The third kappa shape index (κ3) is 6.79. The molecule has 0 atom stereocenters. The summed E-state index contributed by atoms with van der Waals surface area (Å²) in [6.07, 6.45) is 4.59. The van der Waals surface area contributed by atoms with Crippen molar-refractivity contribution in [3.8, 4) is 50.6 Å². The van der Waals surface area contributed by atoms with Crippen molar-refractivity contribution in [1.82, 2.24) is 14.5 Å². The number of para-hydroxylation sites is 2. The predicted octanol–water partition coefficient (Wildman–Crippen LogP) is 12.6. The summed E-state index contributed by atoms with van der Waals surface area (Å²) in [6.45, 7) is -2.09. The predicted molar refractivity (Wildman–Crippen MR) is 217 cm³/mol. The molecule has 0 fully saturated rings. The molecule has 0 saturated heterocycles. The van der Waals surface area contributed by atoms with Crippen LogP contribution in [0.2, 0.25) is 0 Å². The van der Waals surface area contributed by atoms with E-state index in [9.17, 15) is 0 Å². The van der Waals surface area contributed by atoms with Crippen molar-refractivity contribution >= 4 is 32.8 Å². The first-order chi connectivity index (χ1) is 27.4. The van der Waals surface area contributed by atoms with Gasteiger partial charge in [0.2, 0.25) is 0 Å². The zero-order valence-corrected chi connectivity index (χ0v) is 31.3. The van der Waals surface area contributed by atoms with Crippen LogP contribution in [0.4, 0.5) is 0 Å². The second-order valence-electron chi connectivity index (χ2n) is 12.7. The summed E-state index contributed by atoms with van der Waals surface area (Å²) in [5.41, 5.74) is 11.2. The monoisotopic (exact) mass is 875 g/mol. The molecule has 3 heterocycles. The van der Waals surface area contributed by atoms with Crippen molar-refractivity contribution in [1.29, 1.82) is 0 Å². The maximum atomic E-state index is 7.23. The minimum absolute atomic E-state index is 0. The molecule has 10 aromatic rings. The van der Waals surface area contributed by atoms with Crippen LogP contribution in [0.15, 0.2) is 187 Å². The SMILES string of the molecule is [2H]C([2H])([2H])c1ccc(-c2[c-]cccc2)nc1.[Ir].[c-]1oc2ccc(-c3cccc4ccccc34)cc2c1-c1nc2ccccc2n1-c1ccc(-c2ccccc2)cc1. The number of hydrogen-bond acceptors (Lipinski definition) is 3. The number of pyridine rings is 1. The second kappa shape index (κ2) is 15.3. The molecule has 0 N–H and O–H groups in total. The zero-order chi connectivity index (χ0) is 38.1. The van der Waals surface area contributed by atoms with Crippen LogP contribution >= 0.6 is 0 Å². The molecule has 3 aromatic heterocycles. The molecule has 0 spiro atoms. The van der Waals surface area contributed by atoms with E-state index in [0.29, 0.717) is 0 Å². The first-order valence-electron chi connectivity index (χ1n) is 18.9. The standard InChI is InChI=1S/C37H23N2O.C12H10N.Ir/c1-2-9-25(10-3-1)26-17-20-29(21-18-26)39-35-16-7-6-15-34(35)38-37(39)33-24-40-36-22-19-28(23-32(33)36)31-14-8-12-27-11-4-5-13-30(27)31;1-10-7-8-12(13-9-10)11-5-3-2-4-6-11;/h1-23H;2-5,7-9H,1H3;/q2*-1;/i;1D3;. The number of benzene rings is 7. The molecule has 0 aliphatic heterocycles. The molecule has 0 aliphatic rings. The van der Waals surface area contributed by atoms with E-state index in [1.165, 1.54) is 33.7 Å². The Morgan fingerprint density at radius 3 is 2.22 bits per heavy atom. The number of fused-ring (bicyclic) bond motifs is 3. The minimum Gasteiger partial charge on any atom is -0.557 e. The average molecular weight is 875 g/mol. The van der Waals surface area contributed by atoms with Crippen LogP contribution in [0.5, 0.6) is 0 Å². The van der Waals surface area contributed by atoms with Gasteiger partial charge in [-0.1, -0.05) is 138 Å². The Balaban J connectivity index is 0.000000226. The van der Waals surface area contributed by atoms with Gasteiger partial charge in [0.05, 0.1) is 16.9 Å². The normalized spacial score (nSPS) is 12.0. The maximum absolute atomic E-state index is 7.23. The largest absolute Gasteiger partial charge is 0.557 e. The van der Waals surface area contributed by atoms with E-state index in [1.54, 1.807) is 18.2 Å². The Bertz CT molecular complexity index is 2940. The summed E-state index contributed by atoms with van der Waals surface area (Å²) >= 11 is 0. The van der Waals surface area contributed by atoms with Gasteiger partial charge >= 0.3 is 0 Å². The first-order valence-corrected chi connectivity index (χ1v) is 17.4. The number of aryl methyl sites for hydroxylation is 1. The fourth-order valence-corrected chi connectivity index (χ4v) is 6.78. The van der Waals surface area contributed by atoms with Gasteiger partial charge in [-0.05, 0) is 75.4 Å². The number of imidazole rings is 1. The fourth-order valence-electron chi connectivity index (χ4n) is 6.78. The number of nitrogens with zero attached hydrogens (tertiary/aromatic N) is 3. The van der Waals surface area contributed by atoms with E-state index < -0.39 is 6.85 Å². The summed E-state index contributed by atoms with van der Waals surface area (Å²) in [5, 5.41) is 3.44. The molecule has 0 unspecified atom stereocenters. The number of furan rings is 1. The molecular formula is C49H33IrN3O-2. The molecule has 10 rings (SSSR count). The Morgan fingerprint density at radius 1 is 0.648 bits per heavy atom. The molecule has 7 aromatic carbocycles. The third-order valence-electron chi connectivity index (χ3n) is 9.38. The minimum atomic E-state index is -2.09. The number of rotatable bonds is 5. The average Bonchev–Trinajstić information content (AvgIpc) is 3.85. The van der Waals surface area contributed by atoms with Crippen LogP contribution in [-0.2, 0) is 20.1 Å². The van der Waals surface area contributed by atoms with Gasteiger partial charge in [-0.15, -0.1) is 35.9 Å². The molecule has 5 heteroatoms. The third-order valence-corrected chi connectivity index (χ3v) is 9.38. The molecule has 0 amide bonds. The summed E-state index contributed by atoms with van der Waals surface area (Å²) in [6, 6.07) is 62.4. The molecule has 0 aliphatic carbocycles. The number of aromatic nitrogens is 3. The van der Waals surface area contributed by atoms with Crippen molar-refractivity contribution in [2.75, 3.05) is 0 Å². The maximum Gasteiger partial charge on any atom is 0.0774 e. The van der Waals surface area contributed by atoms with Crippen molar-refractivity contribution in [2.45, 2.75) is 6.85 Å². The van der Waals surface area contributed by atoms with Crippen molar-refractivity contribution in [2.24, 2.45) is 0 Å². The quantitative estimate of drug-likeness (QED) is 0.162. The van der Waals surface area contributed by atoms with Crippen molar-refractivity contribution in [3.63, 3.8) is 0 Å². The summed E-state index contributed by atoms with van der Waals surface area (Å²) in [4.78, 5) is 9.21. The summed E-state index contributed by atoms with van der Waals surface area (Å²) in [7, 11) is 0. The molecule has 54 heavy (non-hydrogen) atoms. The molecule has 0 saturated carbocycles. The van der Waals surface area contributed by atoms with E-state index >= 15 is 0 Å². The Kier molecular flexibility index (Phi) is 8.83. The second-order valence-corrected chi connectivity index (χ2v) is 12.7. The van der Waals surface area contributed by atoms with Crippen molar-refractivity contribution < 1.29 is 28.6 Å². The Hall–Kier alpha value is -6.39.